The number of aromatic nitrogens is 2. The number of nitrogens with one attached hydrogen (secondary N) is 1. The van der Waals surface area contributed by atoms with Crippen molar-refractivity contribution in [3.05, 3.63) is 65.8 Å². The Morgan fingerprint density at radius 3 is 2.63 bits per heavy atom. The Hall–Kier alpha value is -3.09. The van der Waals surface area contributed by atoms with E-state index < -0.39 is 0 Å². The lowest BCUT2D eigenvalue weighted by molar-refractivity contribution is 0.313. The van der Waals surface area contributed by atoms with Gasteiger partial charge in [0.2, 0.25) is 5.95 Å². The summed E-state index contributed by atoms with van der Waals surface area (Å²) in [5, 5.41) is 3.82. The van der Waals surface area contributed by atoms with Crippen molar-refractivity contribution in [2.24, 2.45) is 0 Å². The second-order valence-electron chi connectivity index (χ2n) is 7.47. The number of fused-ring (bicyclic) bond motifs is 1. The van der Waals surface area contributed by atoms with Gasteiger partial charge in [-0.05, 0) is 37.4 Å². The molecule has 0 bridgehead atoms. The molecular formula is C23H22ClN5O. The summed E-state index contributed by atoms with van der Waals surface area (Å²) in [6, 6.07) is 18.0. The summed E-state index contributed by atoms with van der Waals surface area (Å²) < 4.78 is 5.99. The Kier molecular flexibility index (Phi) is 5.02. The highest BCUT2D eigenvalue weighted by molar-refractivity contribution is 6.32. The third kappa shape index (κ3) is 3.72. The van der Waals surface area contributed by atoms with E-state index in [-0.39, 0.29) is 0 Å². The quantitative estimate of drug-likeness (QED) is 0.503. The van der Waals surface area contributed by atoms with Crippen LogP contribution in [0.5, 0.6) is 0 Å². The van der Waals surface area contributed by atoms with Crippen molar-refractivity contribution in [2.45, 2.75) is 0 Å². The van der Waals surface area contributed by atoms with Gasteiger partial charge in [0, 0.05) is 31.7 Å². The standard InChI is InChI=1S/C23H22ClN5O/c1-28-11-13-29(14-12-28)19-7-3-2-6-18(19)26-23-25-15-17(24)22(27-23)21-10-9-16-5-4-8-20(16)30-21/h2-10,15H,11-14H2,1H3,(H,25,26,27). The zero-order chi connectivity index (χ0) is 20.5. The maximum Gasteiger partial charge on any atom is 0.227 e. The molecule has 5 rings (SSSR count). The second-order valence-corrected chi connectivity index (χ2v) is 7.87. The summed E-state index contributed by atoms with van der Waals surface area (Å²) >= 11 is 6.40. The van der Waals surface area contributed by atoms with E-state index in [1.807, 2.05) is 42.5 Å². The molecule has 6 nitrogen and oxygen atoms in total. The third-order valence-electron chi connectivity index (χ3n) is 5.41. The first-order valence-corrected chi connectivity index (χ1v) is 10.4. The molecule has 1 N–H and O–H groups in total. The van der Waals surface area contributed by atoms with Crippen molar-refractivity contribution >= 4 is 28.9 Å². The highest BCUT2D eigenvalue weighted by atomic mass is 35.5. The topological polar surface area (TPSA) is 57.4 Å². The van der Waals surface area contributed by atoms with E-state index in [0.717, 1.165) is 48.9 Å². The molecule has 0 spiro atoms. The van der Waals surface area contributed by atoms with Gasteiger partial charge >= 0.3 is 0 Å². The Balaban J connectivity index is 1.45. The summed E-state index contributed by atoms with van der Waals surface area (Å²) in [4.78, 5) is 13.8. The normalized spacial score (nSPS) is 14.9. The lowest BCUT2D eigenvalue weighted by Crippen LogP contribution is -2.44. The van der Waals surface area contributed by atoms with Crippen molar-refractivity contribution in [1.29, 1.82) is 0 Å². The molecule has 2 aromatic rings. The molecule has 0 radical (unpaired) electrons. The van der Waals surface area contributed by atoms with Gasteiger partial charge in [-0.25, -0.2) is 9.97 Å². The number of likely N-dealkylation sites (N-methyl/N-ethyl adjacent to an activating group) is 1. The Bertz CT molecular complexity index is 1140. The number of hydrogen-bond donors (Lipinski definition) is 1. The average molecular weight is 420 g/mol. The minimum absolute atomic E-state index is 0.447. The summed E-state index contributed by atoms with van der Waals surface area (Å²) in [5.41, 5.74) is 3.73. The third-order valence-corrected chi connectivity index (χ3v) is 5.69. The van der Waals surface area contributed by atoms with Crippen LogP contribution in [0.4, 0.5) is 17.3 Å². The maximum atomic E-state index is 6.40. The summed E-state index contributed by atoms with van der Waals surface area (Å²) in [6.07, 6.45) is 1.61. The van der Waals surface area contributed by atoms with Crippen molar-refractivity contribution in [3.8, 4) is 22.8 Å². The van der Waals surface area contributed by atoms with Gasteiger partial charge in [0.05, 0.1) is 22.6 Å². The zero-order valence-corrected chi connectivity index (χ0v) is 17.4. The molecule has 0 saturated carbocycles. The predicted octanol–water partition coefficient (Wildman–Crippen LogP) is 4.99. The SMILES string of the molecule is CN1CCN(c2ccccc2Nc2ncc(Cl)c(-c3ccc4cccc-4o3)n2)CC1. The monoisotopic (exact) mass is 419 g/mol. The Morgan fingerprint density at radius 1 is 0.933 bits per heavy atom. The number of piperazine rings is 1. The molecule has 1 aromatic heterocycles. The Labute approximate surface area is 180 Å². The minimum atomic E-state index is 0.447. The molecule has 1 fully saturated rings. The van der Waals surface area contributed by atoms with Gasteiger partial charge in [0.15, 0.2) is 5.76 Å². The van der Waals surface area contributed by atoms with Crippen molar-refractivity contribution in [3.63, 3.8) is 0 Å². The molecule has 0 unspecified atom stereocenters. The van der Waals surface area contributed by atoms with Crippen LogP contribution in [-0.4, -0.2) is 48.1 Å². The Morgan fingerprint density at radius 2 is 1.77 bits per heavy atom. The highest BCUT2D eigenvalue weighted by Gasteiger charge is 2.18. The van der Waals surface area contributed by atoms with E-state index in [2.05, 4.69) is 44.3 Å². The number of halogens is 1. The molecule has 1 aromatic carbocycles. The van der Waals surface area contributed by atoms with Crippen LogP contribution in [-0.2, 0) is 0 Å². The number of nitrogens with zero attached hydrogens (tertiary/aromatic N) is 4. The number of hydrogen-bond acceptors (Lipinski definition) is 6. The van der Waals surface area contributed by atoms with Crippen LogP contribution in [0.3, 0.4) is 0 Å². The fourth-order valence-electron chi connectivity index (χ4n) is 3.72. The van der Waals surface area contributed by atoms with Crippen molar-refractivity contribution < 1.29 is 4.42 Å². The molecule has 152 valence electrons. The van der Waals surface area contributed by atoms with Crippen LogP contribution < -0.4 is 10.2 Å². The number of anilines is 3. The molecular weight excluding hydrogens is 398 g/mol. The first-order chi connectivity index (χ1) is 14.7. The largest absolute Gasteiger partial charge is 0.454 e. The van der Waals surface area contributed by atoms with Gasteiger partial charge in [0.25, 0.3) is 0 Å². The number of para-hydroxylation sites is 2. The van der Waals surface area contributed by atoms with Crippen LogP contribution in [0.15, 0.2) is 65.2 Å². The predicted molar refractivity (Wildman–Crippen MR) is 121 cm³/mol. The molecule has 3 heterocycles. The zero-order valence-electron chi connectivity index (χ0n) is 16.7. The first-order valence-electron chi connectivity index (χ1n) is 9.98. The van der Waals surface area contributed by atoms with Gasteiger partial charge in [-0.2, -0.15) is 0 Å². The van der Waals surface area contributed by atoms with Crippen molar-refractivity contribution in [1.82, 2.24) is 14.9 Å². The summed E-state index contributed by atoms with van der Waals surface area (Å²) in [6.45, 7) is 4.06. The van der Waals surface area contributed by atoms with E-state index in [9.17, 15) is 0 Å². The molecule has 30 heavy (non-hydrogen) atoms. The van der Waals surface area contributed by atoms with Gasteiger partial charge in [-0.3, -0.25) is 0 Å². The molecule has 1 aliphatic carbocycles. The molecule has 0 atom stereocenters. The smallest absolute Gasteiger partial charge is 0.227 e. The van der Waals surface area contributed by atoms with Gasteiger partial charge in [0.1, 0.15) is 11.5 Å². The highest BCUT2D eigenvalue weighted by Crippen LogP contribution is 2.33. The van der Waals surface area contributed by atoms with Crippen LogP contribution in [0.25, 0.3) is 22.8 Å². The summed E-state index contributed by atoms with van der Waals surface area (Å²) in [7, 11) is 2.16. The van der Waals surface area contributed by atoms with E-state index in [1.165, 1.54) is 0 Å². The van der Waals surface area contributed by atoms with Crippen LogP contribution in [0, 0.1) is 0 Å². The molecule has 1 saturated heterocycles. The van der Waals surface area contributed by atoms with Crippen molar-refractivity contribution in [2.75, 3.05) is 43.4 Å². The van der Waals surface area contributed by atoms with Crippen LogP contribution in [0.2, 0.25) is 5.02 Å². The van der Waals surface area contributed by atoms with Crippen LogP contribution >= 0.6 is 11.6 Å². The van der Waals surface area contributed by atoms with Crippen LogP contribution in [0.1, 0.15) is 0 Å². The number of benzene rings is 1. The number of rotatable bonds is 4. The molecule has 2 aliphatic heterocycles. The van der Waals surface area contributed by atoms with Gasteiger partial charge in [-0.15, -0.1) is 0 Å². The van der Waals surface area contributed by atoms with E-state index in [0.29, 0.717) is 22.4 Å². The lowest BCUT2D eigenvalue weighted by Gasteiger charge is -2.35. The van der Waals surface area contributed by atoms with E-state index >= 15 is 0 Å². The molecule has 0 amide bonds. The van der Waals surface area contributed by atoms with E-state index in [1.54, 1.807) is 6.20 Å². The second kappa shape index (κ2) is 7.97. The van der Waals surface area contributed by atoms with Gasteiger partial charge < -0.3 is 19.5 Å². The lowest BCUT2D eigenvalue weighted by atomic mass is 10.2. The molecule has 3 aliphatic rings. The van der Waals surface area contributed by atoms with Gasteiger partial charge in [-0.1, -0.05) is 35.9 Å². The van der Waals surface area contributed by atoms with E-state index in [4.69, 9.17) is 16.0 Å². The minimum Gasteiger partial charge on any atom is -0.454 e. The fourth-order valence-corrected chi connectivity index (χ4v) is 3.90. The average Bonchev–Trinajstić information content (AvgIpc) is 3.24. The first kappa shape index (κ1) is 18.9. The fraction of sp³-hybridized carbons (Fsp3) is 0.217. The summed E-state index contributed by atoms with van der Waals surface area (Å²) in [5.74, 6) is 1.89. The maximum absolute atomic E-state index is 6.40. The molecule has 7 heteroatoms.